The molecule has 5 nitrogen and oxygen atoms in total. The van der Waals surface area contributed by atoms with E-state index in [9.17, 15) is 8.42 Å². The molecule has 1 aliphatic rings. The molecule has 4 rings (SSSR count). The van der Waals surface area contributed by atoms with Crippen LogP contribution in [-0.4, -0.2) is 32.5 Å². The van der Waals surface area contributed by atoms with Crippen LogP contribution < -0.4 is 9.62 Å². The Morgan fingerprint density at radius 1 is 1.00 bits per heavy atom. The zero-order valence-electron chi connectivity index (χ0n) is 15.4. The van der Waals surface area contributed by atoms with Gasteiger partial charge in [-0.25, -0.2) is 18.1 Å². The molecule has 2 aromatic carbocycles. The number of nitrogens with one attached hydrogen (secondary N) is 1. The van der Waals surface area contributed by atoms with Crippen molar-refractivity contribution >= 4 is 49.7 Å². The summed E-state index contributed by atoms with van der Waals surface area (Å²) in [5.74, 6) is 0. The molecular weight excluding hydrogens is 449 g/mol. The highest BCUT2D eigenvalue weighted by atomic mass is 35.5. The summed E-state index contributed by atoms with van der Waals surface area (Å²) in [7, 11) is -3.57. The van der Waals surface area contributed by atoms with Gasteiger partial charge in [-0.15, -0.1) is 11.3 Å². The zero-order chi connectivity index (χ0) is 20.4. The van der Waals surface area contributed by atoms with Gasteiger partial charge in [0.25, 0.3) is 0 Å². The van der Waals surface area contributed by atoms with Crippen molar-refractivity contribution in [3.05, 3.63) is 64.1 Å². The number of hydrogen-bond acceptors (Lipinski definition) is 5. The van der Waals surface area contributed by atoms with Crippen LogP contribution in [0.3, 0.4) is 0 Å². The van der Waals surface area contributed by atoms with Gasteiger partial charge in [-0.3, -0.25) is 0 Å². The minimum absolute atomic E-state index is 0.0778. The van der Waals surface area contributed by atoms with Crippen LogP contribution in [0.5, 0.6) is 0 Å². The Bertz CT molecular complexity index is 1080. The molecule has 1 aliphatic heterocycles. The maximum atomic E-state index is 12.8. The maximum absolute atomic E-state index is 12.8. The van der Waals surface area contributed by atoms with Crippen molar-refractivity contribution in [1.82, 2.24) is 9.71 Å². The van der Waals surface area contributed by atoms with Crippen molar-refractivity contribution in [2.75, 3.05) is 18.0 Å². The molecule has 1 aromatic heterocycles. The zero-order valence-corrected chi connectivity index (χ0v) is 18.5. The third-order valence-electron chi connectivity index (χ3n) is 4.92. The van der Waals surface area contributed by atoms with Gasteiger partial charge in [0.15, 0.2) is 5.13 Å². The number of sulfonamides is 1. The van der Waals surface area contributed by atoms with Gasteiger partial charge < -0.3 is 4.90 Å². The molecule has 0 saturated carbocycles. The molecule has 9 heteroatoms. The summed E-state index contributed by atoms with van der Waals surface area (Å²) in [6.07, 6.45) is 3.29. The van der Waals surface area contributed by atoms with Gasteiger partial charge in [0.2, 0.25) is 10.0 Å². The Morgan fingerprint density at radius 2 is 1.69 bits per heavy atom. The summed E-state index contributed by atoms with van der Waals surface area (Å²) < 4.78 is 28.4. The Balaban J connectivity index is 1.42. The lowest BCUT2D eigenvalue weighted by Gasteiger charge is -2.31. The number of nitrogens with zero attached hydrogens (tertiary/aromatic N) is 2. The number of piperidine rings is 1. The van der Waals surface area contributed by atoms with E-state index in [2.05, 4.69) is 14.6 Å². The van der Waals surface area contributed by atoms with Gasteiger partial charge in [-0.2, -0.15) is 0 Å². The average molecular weight is 468 g/mol. The predicted octanol–water partition coefficient (Wildman–Crippen LogP) is 5.06. The van der Waals surface area contributed by atoms with E-state index in [4.69, 9.17) is 23.2 Å². The quantitative estimate of drug-likeness (QED) is 0.569. The van der Waals surface area contributed by atoms with Crippen LogP contribution in [0.25, 0.3) is 11.1 Å². The minimum atomic E-state index is -3.57. The third kappa shape index (κ3) is 4.75. The van der Waals surface area contributed by atoms with Crippen molar-refractivity contribution in [3.63, 3.8) is 0 Å². The second-order valence-electron chi connectivity index (χ2n) is 6.85. The number of benzene rings is 2. The fourth-order valence-electron chi connectivity index (χ4n) is 3.35. The highest BCUT2D eigenvalue weighted by Crippen LogP contribution is 2.29. The topological polar surface area (TPSA) is 62.3 Å². The molecule has 1 saturated heterocycles. The van der Waals surface area contributed by atoms with Crippen LogP contribution in [0.1, 0.15) is 12.8 Å². The van der Waals surface area contributed by atoms with Gasteiger partial charge in [-0.1, -0.05) is 41.4 Å². The molecule has 0 amide bonds. The van der Waals surface area contributed by atoms with Crippen molar-refractivity contribution in [3.8, 4) is 11.1 Å². The largest absolute Gasteiger partial charge is 0.348 e. The van der Waals surface area contributed by atoms with E-state index in [-0.39, 0.29) is 10.9 Å². The number of anilines is 1. The Kier molecular flexibility index (Phi) is 6.13. The minimum Gasteiger partial charge on any atom is -0.348 e. The Hall–Kier alpha value is -1.64. The van der Waals surface area contributed by atoms with Crippen LogP contribution in [0.4, 0.5) is 5.13 Å². The monoisotopic (exact) mass is 467 g/mol. The molecule has 0 aliphatic carbocycles. The van der Waals surface area contributed by atoms with Crippen molar-refractivity contribution in [1.29, 1.82) is 0 Å². The molecule has 0 radical (unpaired) electrons. The summed E-state index contributed by atoms with van der Waals surface area (Å²) in [5.41, 5.74) is 1.75. The number of thiazole rings is 1. The highest BCUT2D eigenvalue weighted by Gasteiger charge is 2.25. The summed E-state index contributed by atoms with van der Waals surface area (Å²) in [6.45, 7) is 1.58. The number of hydrogen-bond donors (Lipinski definition) is 1. The Morgan fingerprint density at radius 3 is 2.31 bits per heavy atom. The molecule has 152 valence electrons. The molecule has 3 aromatic rings. The van der Waals surface area contributed by atoms with Gasteiger partial charge in [0.1, 0.15) is 0 Å². The summed E-state index contributed by atoms with van der Waals surface area (Å²) in [4.78, 5) is 6.77. The van der Waals surface area contributed by atoms with Crippen LogP contribution in [0.15, 0.2) is 58.9 Å². The van der Waals surface area contributed by atoms with Crippen LogP contribution in [-0.2, 0) is 10.0 Å². The van der Waals surface area contributed by atoms with Gasteiger partial charge in [0, 0.05) is 30.7 Å². The van der Waals surface area contributed by atoms with E-state index >= 15 is 0 Å². The van der Waals surface area contributed by atoms with Crippen LogP contribution >= 0.6 is 34.5 Å². The smallest absolute Gasteiger partial charge is 0.240 e. The number of halogens is 2. The van der Waals surface area contributed by atoms with E-state index < -0.39 is 10.0 Å². The normalized spacial score (nSPS) is 15.6. The van der Waals surface area contributed by atoms with Crippen LogP contribution in [0.2, 0.25) is 10.0 Å². The third-order valence-corrected chi connectivity index (χ3v) is 8.03. The van der Waals surface area contributed by atoms with Crippen molar-refractivity contribution in [2.24, 2.45) is 0 Å². The maximum Gasteiger partial charge on any atom is 0.240 e. The van der Waals surface area contributed by atoms with E-state index in [1.165, 1.54) is 0 Å². The lowest BCUT2D eigenvalue weighted by Crippen LogP contribution is -2.44. The number of rotatable bonds is 5. The van der Waals surface area contributed by atoms with Gasteiger partial charge in [-0.05, 0) is 48.2 Å². The molecule has 0 bridgehead atoms. The van der Waals surface area contributed by atoms with E-state index in [1.54, 1.807) is 53.9 Å². The first-order valence-electron chi connectivity index (χ1n) is 9.15. The molecule has 2 heterocycles. The van der Waals surface area contributed by atoms with E-state index in [0.717, 1.165) is 42.2 Å². The van der Waals surface area contributed by atoms with Crippen molar-refractivity contribution < 1.29 is 8.42 Å². The first-order valence-corrected chi connectivity index (χ1v) is 12.3. The van der Waals surface area contributed by atoms with Gasteiger partial charge in [0.05, 0.1) is 14.9 Å². The fraction of sp³-hybridized carbons (Fsp3) is 0.250. The molecule has 0 atom stereocenters. The average Bonchev–Trinajstić information content (AvgIpc) is 3.25. The SMILES string of the molecule is O=S(=O)(NC1CCN(c2nccs2)CC1)c1ccc(-c2ccc(Cl)c(Cl)c2)cc1. The second kappa shape index (κ2) is 8.62. The molecular formula is C20H19Cl2N3O2S2. The fourth-order valence-corrected chi connectivity index (χ4v) is 5.65. The van der Waals surface area contributed by atoms with E-state index in [0.29, 0.717) is 10.0 Å². The first-order chi connectivity index (χ1) is 13.9. The van der Waals surface area contributed by atoms with Crippen LogP contribution in [0, 0.1) is 0 Å². The lowest BCUT2D eigenvalue weighted by atomic mass is 10.1. The standard InChI is InChI=1S/C20H19Cl2N3O2S2/c21-18-6-3-15(13-19(18)22)14-1-4-17(5-2-14)29(26,27)24-16-7-10-25(11-8-16)20-23-9-12-28-20/h1-6,9,12-13,16,24H,7-8,10-11H2. The van der Waals surface area contributed by atoms with E-state index in [1.807, 2.05) is 11.4 Å². The Labute approximate surface area is 184 Å². The first kappa shape index (κ1) is 20.6. The molecule has 1 fully saturated rings. The molecule has 0 spiro atoms. The molecule has 29 heavy (non-hydrogen) atoms. The molecule has 0 unspecified atom stereocenters. The summed E-state index contributed by atoms with van der Waals surface area (Å²) in [5, 5.41) is 3.89. The predicted molar refractivity (Wildman–Crippen MR) is 120 cm³/mol. The van der Waals surface area contributed by atoms with Crippen molar-refractivity contribution in [2.45, 2.75) is 23.8 Å². The number of aromatic nitrogens is 1. The lowest BCUT2D eigenvalue weighted by molar-refractivity contribution is 0.460. The summed E-state index contributed by atoms with van der Waals surface area (Å²) >= 11 is 13.6. The molecule has 1 N–H and O–H groups in total. The highest BCUT2D eigenvalue weighted by molar-refractivity contribution is 7.89. The van der Waals surface area contributed by atoms with Gasteiger partial charge >= 0.3 is 0 Å². The second-order valence-corrected chi connectivity index (χ2v) is 10.3. The summed E-state index contributed by atoms with van der Waals surface area (Å²) in [6, 6.07) is 12.1.